The van der Waals surface area contributed by atoms with Crippen LogP contribution < -0.4 is 0 Å². The molecule has 3 rings (SSSR count). The number of piperazine rings is 1. The number of aryl methyl sites for hydroxylation is 1. The van der Waals surface area contributed by atoms with Gasteiger partial charge in [0.05, 0.1) is 4.92 Å². The van der Waals surface area contributed by atoms with Gasteiger partial charge in [0.15, 0.2) is 0 Å². The highest BCUT2D eigenvalue weighted by Gasteiger charge is 2.31. The maximum atomic E-state index is 12.6. The van der Waals surface area contributed by atoms with Gasteiger partial charge >= 0.3 is 0 Å². The molecular formula is C17H21N3O5. The number of rotatable bonds is 3. The Labute approximate surface area is 145 Å². The molecule has 2 amide bonds. The Morgan fingerprint density at radius 3 is 2.44 bits per heavy atom. The molecule has 0 aromatic heterocycles. The highest BCUT2D eigenvalue weighted by Crippen LogP contribution is 2.21. The van der Waals surface area contributed by atoms with Crippen molar-refractivity contribution in [3.8, 4) is 0 Å². The van der Waals surface area contributed by atoms with E-state index in [0.29, 0.717) is 43.9 Å². The topological polar surface area (TPSA) is 93.0 Å². The minimum absolute atomic E-state index is 0.00327. The third-order valence-electron chi connectivity index (χ3n) is 4.72. The van der Waals surface area contributed by atoms with Crippen molar-refractivity contribution >= 4 is 17.5 Å². The Hall–Kier alpha value is -2.48. The van der Waals surface area contributed by atoms with Gasteiger partial charge in [-0.3, -0.25) is 19.7 Å². The summed E-state index contributed by atoms with van der Waals surface area (Å²) in [6, 6.07) is 4.39. The van der Waals surface area contributed by atoms with Crippen LogP contribution in [0.1, 0.15) is 28.8 Å². The Kier molecular flexibility index (Phi) is 4.98. The Morgan fingerprint density at radius 2 is 1.88 bits per heavy atom. The summed E-state index contributed by atoms with van der Waals surface area (Å²) >= 11 is 0. The summed E-state index contributed by atoms with van der Waals surface area (Å²) in [5.41, 5.74) is 0.897. The van der Waals surface area contributed by atoms with Gasteiger partial charge in [-0.2, -0.15) is 0 Å². The van der Waals surface area contributed by atoms with Crippen LogP contribution in [-0.2, 0) is 9.53 Å². The monoisotopic (exact) mass is 347 g/mol. The fourth-order valence-electron chi connectivity index (χ4n) is 3.28. The number of benzene rings is 1. The molecule has 0 radical (unpaired) electrons. The number of hydrogen-bond acceptors (Lipinski definition) is 5. The number of carbonyl (C=O) groups excluding carboxylic acids is 2. The van der Waals surface area contributed by atoms with Gasteiger partial charge in [-0.05, 0) is 31.9 Å². The average Bonchev–Trinajstić information content (AvgIpc) is 3.15. The zero-order valence-corrected chi connectivity index (χ0v) is 14.1. The molecule has 2 saturated heterocycles. The average molecular weight is 347 g/mol. The third kappa shape index (κ3) is 3.63. The van der Waals surface area contributed by atoms with Crippen molar-refractivity contribution in [3.05, 3.63) is 39.4 Å². The van der Waals surface area contributed by atoms with Gasteiger partial charge in [0.2, 0.25) is 0 Å². The minimum atomic E-state index is -0.459. The Balaban J connectivity index is 1.60. The first-order chi connectivity index (χ1) is 12.0. The van der Waals surface area contributed by atoms with Gasteiger partial charge in [-0.1, -0.05) is 0 Å². The number of nitro groups is 1. The zero-order chi connectivity index (χ0) is 18.0. The van der Waals surface area contributed by atoms with E-state index in [0.717, 1.165) is 12.8 Å². The molecule has 25 heavy (non-hydrogen) atoms. The van der Waals surface area contributed by atoms with Crippen molar-refractivity contribution in [2.45, 2.75) is 25.9 Å². The maximum absolute atomic E-state index is 12.6. The lowest BCUT2D eigenvalue weighted by molar-refractivity contribution is -0.385. The number of nitro benzene ring substituents is 1. The largest absolute Gasteiger partial charge is 0.368 e. The van der Waals surface area contributed by atoms with E-state index in [4.69, 9.17) is 4.74 Å². The lowest BCUT2D eigenvalue weighted by Crippen LogP contribution is -2.52. The van der Waals surface area contributed by atoms with Crippen molar-refractivity contribution in [1.29, 1.82) is 0 Å². The summed E-state index contributed by atoms with van der Waals surface area (Å²) in [4.78, 5) is 38.8. The van der Waals surface area contributed by atoms with E-state index in [1.165, 1.54) is 12.1 Å². The third-order valence-corrected chi connectivity index (χ3v) is 4.72. The molecule has 0 spiro atoms. The van der Waals surface area contributed by atoms with Crippen LogP contribution in [0.2, 0.25) is 0 Å². The van der Waals surface area contributed by atoms with Crippen molar-refractivity contribution in [3.63, 3.8) is 0 Å². The summed E-state index contributed by atoms with van der Waals surface area (Å²) in [7, 11) is 0. The van der Waals surface area contributed by atoms with Crippen LogP contribution in [0, 0.1) is 17.0 Å². The van der Waals surface area contributed by atoms with Crippen molar-refractivity contribution in [2.24, 2.45) is 0 Å². The van der Waals surface area contributed by atoms with Crippen molar-refractivity contribution in [1.82, 2.24) is 9.80 Å². The first kappa shape index (κ1) is 17.3. The van der Waals surface area contributed by atoms with Gasteiger partial charge < -0.3 is 14.5 Å². The van der Waals surface area contributed by atoms with Crippen LogP contribution in [-0.4, -0.2) is 65.4 Å². The second kappa shape index (κ2) is 7.18. The summed E-state index contributed by atoms with van der Waals surface area (Å²) < 4.78 is 5.43. The van der Waals surface area contributed by atoms with E-state index in [1.807, 2.05) is 0 Å². The van der Waals surface area contributed by atoms with E-state index >= 15 is 0 Å². The number of hydrogen-bond donors (Lipinski definition) is 0. The predicted octanol–water partition coefficient (Wildman–Crippen LogP) is 1.37. The molecule has 8 nitrogen and oxygen atoms in total. The summed E-state index contributed by atoms with van der Waals surface area (Å²) in [5.74, 6) is -0.155. The molecule has 0 bridgehead atoms. The van der Waals surface area contributed by atoms with Crippen LogP contribution in [0.4, 0.5) is 5.69 Å². The summed E-state index contributed by atoms with van der Waals surface area (Å²) in [6.07, 6.45) is 1.34. The second-order valence-electron chi connectivity index (χ2n) is 6.38. The molecule has 0 unspecified atom stereocenters. The van der Waals surface area contributed by atoms with Crippen LogP contribution in [0.5, 0.6) is 0 Å². The van der Waals surface area contributed by atoms with Gasteiger partial charge in [-0.25, -0.2) is 0 Å². The standard InChI is InChI=1S/C17H21N3O5/c1-12-11-13(4-5-14(12)20(23)24)16(21)18-6-8-19(9-7-18)17(22)15-3-2-10-25-15/h4-5,11,15H,2-3,6-10H2,1H3/t15-/m0/s1. The molecule has 2 fully saturated rings. The number of carbonyl (C=O) groups is 2. The normalized spacial score (nSPS) is 20.6. The molecule has 8 heteroatoms. The highest BCUT2D eigenvalue weighted by atomic mass is 16.6. The molecular weight excluding hydrogens is 326 g/mol. The first-order valence-electron chi connectivity index (χ1n) is 8.42. The van der Waals surface area contributed by atoms with E-state index in [1.54, 1.807) is 22.8 Å². The van der Waals surface area contributed by atoms with Crippen LogP contribution in [0.15, 0.2) is 18.2 Å². The van der Waals surface area contributed by atoms with E-state index in [2.05, 4.69) is 0 Å². The zero-order valence-electron chi connectivity index (χ0n) is 14.1. The molecule has 2 aliphatic rings. The molecule has 0 aliphatic carbocycles. The van der Waals surface area contributed by atoms with E-state index in [-0.39, 0.29) is 23.6 Å². The van der Waals surface area contributed by atoms with Gasteiger partial charge in [0.25, 0.3) is 17.5 Å². The van der Waals surface area contributed by atoms with Crippen LogP contribution in [0.3, 0.4) is 0 Å². The number of ether oxygens (including phenoxy) is 1. The molecule has 0 N–H and O–H groups in total. The smallest absolute Gasteiger partial charge is 0.272 e. The number of nitrogens with zero attached hydrogens (tertiary/aromatic N) is 3. The van der Waals surface area contributed by atoms with Gasteiger partial charge in [0.1, 0.15) is 6.10 Å². The molecule has 134 valence electrons. The quantitative estimate of drug-likeness (QED) is 0.608. The predicted molar refractivity (Wildman–Crippen MR) is 89.3 cm³/mol. The van der Waals surface area contributed by atoms with Crippen LogP contribution >= 0.6 is 0 Å². The summed E-state index contributed by atoms with van der Waals surface area (Å²) in [5, 5.41) is 10.9. The van der Waals surface area contributed by atoms with Gasteiger partial charge in [0, 0.05) is 50.0 Å². The Morgan fingerprint density at radius 1 is 1.20 bits per heavy atom. The first-order valence-corrected chi connectivity index (χ1v) is 8.42. The fourth-order valence-corrected chi connectivity index (χ4v) is 3.28. The van der Waals surface area contributed by atoms with Gasteiger partial charge in [-0.15, -0.1) is 0 Å². The molecule has 1 atom stereocenters. The highest BCUT2D eigenvalue weighted by molar-refractivity contribution is 5.95. The molecule has 0 saturated carbocycles. The minimum Gasteiger partial charge on any atom is -0.368 e. The number of amides is 2. The molecule has 2 heterocycles. The van der Waals surface area contributed by atoms with E-state index in [9.17, 15) is 19.7 Å². The fraction of sp³-hybridized carbons (Fsp3) is 0.529. The SMILES string of the molecule is Cc1cc(C(=O)N2CCN(C(=O)[C@@H]3CCCO3)CC2)ccc1[N+](=O)[O-]. The van der Waals surface area contributed by atoms with Crippen molar-refractivity contribution < 1.29 is 19.2 Å². The van der Waals surface area contributed by atoms with Crippen molar-refractivity contribution in [2.75, 3.05) is 32.8 Å². The molecule has 1 aromatic rings. The lowest BCUT2D eigenvalue weighted by Gasteiger charge is -2.35. The van der Waals surface area contributed by atoms with E-state index < -0.39 is 4.92 Å². The molecule has 1 aromatic carbocycles. The Bertz CT molecular complexity index is 692. The second-order valence-corrected chi connectivity index (χ2v) is 6.38. The summed E-state index contributed by atoms with van der Waals surface area (Å²) in [6.45, 7) is 4.12. The lowest BCUT2D eigenvalue weighted by atomic mass is 10.1. The van der Waals surface area contributed by atoms with Crippen LogP contribution in [0.25, 0.3) is 0 Å². The molecule has 2 aliphatic heterocycles. The maximum Gasteiger partial charge on any atom is 0.272 e.